The van der Waals surface area contributed by atoms with Crippen LogP contribution in [0.4, 0.5) is 0 Å². The Balaban J connectivity index is 3.39. The number of carboxylic acid groups (broad SMARTS) is 1. The Morgan fingerprint density at radius 3 is 2.36 bits per heavy atom. The van der Waals surface area contributed by atoms with Gasteiger partial charge in [-0.3, -0.25) is 4.79 Å². The summed E-state index contributed by atoms with van der Waals surface area (Å²) in [5.74, 6) is -2.29. The molecule has 0 heterocycles. The van der Waals surface area contributed by atoms with E-state index in [1.54, 1.807) is 0 Å². The molecule has 5 nitrogen and oxygen atoms in total. The Morgan fingerprint density at radius 2 is 2.00 bits per heavy atom. The van der Waals surface area contributed by atoms with E-state index in [0.29, 0.717) is 0 Å². The summed E-state index contributed by atoms with van der Waals surface area (Å²) in [6.45, 7) is 0. The second-order valence-electron chi connectivity index (χ2n) is 2.21. The van der Waals surface area contributed by atoms with Crippen LogP contribution in [0.2, 0.25) is 0 Å². The molecule has 0 fully saturated rings. The second kappa shape index (κ2) is 4.68. The number of carbonyl (C=O) groups is 2. The maximum atomic E-state index is 9.99. The molecule has 1 radical (unpaired) electrons. The molecule has 5 heteroatoms. The van der Waals surface area contributed by atoms with Gasteiger partial charge in [0.05, 0.1) is 0 Å². The van der Waals surface area contributed by atoms with E-state index in [-0.39, 0.29) is 19.3 Å². The number of aliphatic carboxylic acids is 1. The van der Waals surface area contributed by atoms with Crippen LogP contribution in [0, 0.1) is 0 Å². The average molecular weight is 160 g/mol. The SMILES string of the molecule is NC(CCCC(=O)O)C([O])=O. The van der Waals surface area contributed by atoms with Crippen LogP contribution in [0.25, 0.3) is 0 Å². The Kier molecular flexibility index (Phi) is 4.21. The molecule has 0 aliphatic heterocycles. The van der Waals surface area contributed by atoms with Crippen LogP contribution in [-0.2, 0) is 14.7 Å². The van der Waals surface area contributed by atoms with Crippen molar-refractivity contribution in [1.29, 1.82) is 0 Å². The number of carboxylic acids is 1. The molecule has 0 saturated carbocycles. The van der Waals surface area contributed by atoms with Crippen molar-refractivity contribution in [3.05, 3.63) is 0 Å². The summed E-state index contributed by atoms with van der Waals surface area (Å²) in [6.07, 6.45) is 0.361. The van der Waals surface area contributed by atoms with Crippen molar-refractivity contribution in [1.82, 2.24) is 0 Å². The van der Waals surface area contributed by atoms with Gasteiger partial charge in [0.2, 0.25) is 0 Å². The largest absolute Gasteiger partial charge is 0.481 e. The molecule has 0 aromatic carbocycles. The quantitative estimate of drug-likeness (QED) is 0.567. The molecule has 63 valence electrons. The molecule has 0 rings (SSSR count). The van der Waals surface area contributed by atoms with E-state index in [2.05, 4.69) is 0 Å². The molecule has 3 N–H and O–H groups in total. The molecule has 0 bridgehead atoms. The lowest BCUT2D eigenvalue weighted by atomic mass is 10.1. The smallest absolute Gasteiger partial charge is 0.372 e. The molecule has 0 spiro atoms. The minimum Gasteiger partial charge on any atom is -0.481 e. The van der Waals surface area contributed by atoms with Gasteiger partial charge >= 0.3 is 11.9 Å². The highest BCUT2D eigenvalue weighted by Crippen LogP contribution is 1.98. The minimum absolute atomic E-state index is 0.0546. The van der Waals surface area contributed by atoms with E-state index < -0.39 is 18.0 Å². The zero-order valence-electron chi connectivity index (χ0n) is 5.95. The molecule has 11 heavy (non-hydrogen) atoms. The number of hydrogen-bond acceptors (Lipinski definition) is 3. The molecule has 0 aromatic heterocycles. The van der Waals surface area contributed by atoms with Gasteiger partial charge < -0.3 is 10.8 Å². The van der Waals surface area contributed by atoms with Crippen molar-refractivity contribution in [2.75, 3.05) is 0 Å². The molecule has 1 unspecified atom stereocenters. The van der Waals surface area contributed by atoms with E-state index in [0.717, 1.165) is 0 Å². The molecule has 0 saturated heterocycles. The van der Waals surface area contributed by atoms with Crippen LogP contribution in [0.5, 0.6) is 0 Å². The molecule has 1 atom stereocenters. The summed E-state index contributed by atoms with van der Waals surface area (Å²) in [7, 11) is 0. The Bertz CT molecular complexity index is 157. The Hall–Kier alpha value is -1.10. The molecule has 0 amide bonds. The van der Waals surface area contributed by atoms with Crippen LogP contribution >= 0.6 is 0 Å². The number of nitrogens with two attached hydrogens (primary N) is 1. The predicted octanol–water partition coefficient (Wildman–Crippen LogP) is -0.474. The van der Waals surface area contributed by atoms with Gasteiger partial charge in [0, 0.05) is 6.42 Å². The second-order valence-corrected chi connectivity index (χ2v) is 2.21. The zero-order chi connectivity index (χ0) is 8.85. The fraction of sp³-hybridized carbons (Fsp3) is 0.667. The van der Waals surface area contributed by atoms with E-state index >= 15 is 0 Å². The van der Waals surface area contributed by atoms with E-state index in [1.807, 2.05) is 0 Å². The van der Waals surface area contributed by atoms with Crippen molar-refractivity contribution in [2.24, 2.45) is 5.73 Å². The maximum absolute atomic E-state index is 9.99. The lowest BCUT2D eigenvalue weighted by Crippen LogP contribution is -2.29. The molecule has 0 aliphatic rings. The van der Waals surface area contributed by atoms with Gasteiger partial charge in [-0.1, -0.05) is 0 Å². The monoisotopic (exact) mass is 160 g/mol. The topological polar surface area (TPSA) is 100 Å². The summed E-state index contributed by atoms with van der Waals surface area (Å²) in [5.41, 5.74) is 5.05. The third-order valence-corrected chi connectivity index (χ3v) is 1.21. The highest BCUT2D eigenvalue weighted by atomic mass is 16.4. The number of rotatable bonds is 5. The summed E-state index contributed by atoms with van der Waals surface area (Å²) >= 11 is 0. The minimum atomic E-state index is -1.34. The lowest BCUT2D eigenvalue weighted by Gasteiger charge is -2.01. The first-order valence-electron chi connectivity index (χ1n) is 3.22. The normalized spacial score (nSPS) is 12.5. The predicted molar refractivity (Wildman–Crippen MR) is 35.2 cm³/mol. The van der Waals surface area contributed by atoms with Gasteiger partial charge in [-0.15, -0.1) is 0 Å². The first-order valence-corrected chi connectivity index (χ1v) is 3.22. The fourth-order valence-corrected chi connectivity index (χ4v) is 0.591. The van der Waals surface area contributed by atoms with Crippen molar-refractivity contribution >= 4 is 11.9 Å². The van der Waals surface area contributed by atoms with E-state index in [1.165, 1.54) is 0 Å². The van der Waals surface area contributed by atoms with Crippen LogP contribution in [-0.4, -0.2) is 23.1 Å². The third-order valence-electron chi connectivity index (χ3n) is 1.21. The van der Waals surface area contributed by atoms with Gasteiger partial charge in [-0.25, -0.2) is 9.90 Å². The lowest BCUT2D eigenvalue weighted by molar-refractivity contribution is -0.145. The van der Waals surface area contributed by atoms with Gasteiger partial charge in [0.15, 0.2) is 0 Å². The van der Waals surface area contributed by atoms with Gasteiger partial charge in [0.1, 0.15) is 6.04 Å². The molecular formula is C6H10NO4. The third kappa shape index (κ3) is 5.35. The van der Waals surface area contributed by atoms with Crippen molar-refractivity contribution in [3.63, 3.8) is 0 Å². The number of carbonyl (C=O) groups excluding carboxylic acids is 1. The van der Waals surface area contributed by atoms with Gasteiger partial charge in [-0.2, -0.15) is 0 Å². The van der Waals surface area contributed by atoms with Crippen molar-refractivity contribution in [2.45, 2.75) is 25.3 Å². The first kappa shape index (κ1) is 9.90. The van der Waals surface area contributed by atoms with Crippen LogP contribution in [0.3, 0.4) is 0 Å². The summed E-state index contributed by atoms with van der Waals surface area (Å²) in [4.78, 5) is 19.9. The summed E-state index contributed by atoms with van der Waals surface area (Å²) in [6, 6.07) is -1.05. The van der Waals surface area contributed by atoms with Crippen molar-refractivity contribution in [3.8, 4) is 0 Å². The van der Waals surface area contributed by atoms with Gasteiger partial charge in [0.25, 0.3) is 0 Å². The molecular weight excluding hydrogens is 150 g/mol. The van der Waals surface area contributed by atoms with E-state index in [9.17, 15) is 14.7 Å². The van der Waals surface area contributed by atoms with Crippen LogP contribution < -0.4 is 5.73 Å². The summed E-state index contributed by atoms with van der Waals surface area (Å²) in [5, 5.41) is 18.2. The van der Waals surface area contributed by atoms with Crippen LogP contribution in [0.1, 0.15) is 19.3 Å². The van der Waals surface area contributed by atoms with Crippen LogP contribution in [0.15, 0.2) is 0 Å². The molecule has 0 aliphatic carbocycles. The Morgan fingerprint density at radius 1 is 1.45 bits per heavy atom. The first-order chi connectivity index (χ1) is 5.04. The molecule has 0 aromatic rings. The summed E-state index contributed by atoms with van der Waals surface area (Å²) < 4.78 is 0. The maximum Gasteiger partial charge on any atom is 0.372 e. The van der Waals surface area contributed by atoms with Gasteiger partial charge in [-0.05, 0) is 12.8 Å². The van der Waals surface area contributed by atoms with Crippen molar-refractivity contribution < 1.29 is 19.8 Å². The standard InChI is InChI=1S/C6H10NO4/c7-4(6(10)11)2-1-3-5(8)9/h4H,1-3,7H2,(H,8,9). The number of hydrogen-bond donors (Lipinski definition) is 2. The zero-order valence-corrected chi connectivity index (χ0v) is 5.95. The van der Waals surface area contributed by atoms with E-state index in [4.69, 9.17) is 10.8 Å². The Labute approximate surface area is 63.8 Å². The highest BCUT2D eigenvalue weighted by molar-refractivity contribution is 5.72. The fourth-order valence-electron chi connectivity index (χ4n) is 0.591. The average Bonchev–Trinajstić information content (AvgIpc) is 1.86. The highest BCUT2D eigenvalue weighted by Gasteiger charge is 2.13.